The predicted octanol–water partition coefficient (Wildman–Crippen LogP) is 15.6. The van der Waals surface area contributed by atoms with Crippen molar-refractivity contribution < 1.29 is 4.42 Å². The number of nitrogens with zero attached hydrogens (tertiary/aromatic N) is 1. The Morgan fingerprint density at radius 2 is 0.982 bits per heavy atom. The van der Waals surface area contributed by atoms with E-state index in [0.717, 1.165) is 55.7 Å². The number of anilines is 3. The van der Waals surface area contributed by atoms with Crippen LogP contribution < -0.4 is 4.90 Å². The van der Waals surface area contributed by atoms with Gasteiger partial charge in [-0.2, -0.15) is 0 Å². The lowest BCUT2D eigenvalue weighted by molar-refractivity contribution is 0.669. The molecule has 11 rings (SSSR count). The van der Waals surface area contributed by atoms with E-state index in [-0.39, 0.29) is 0 Å². The van der Waals surface area contributed by atoms with Crippen molar-refractivity contribution in [2.45, 2.75) is 0 Å². The number of rotatable bonds is 6. The van der Waals surface area contributed by atoms with E-state index in [4.69, 9.17) is 4.42 Å². The highest BCUT2D eigenvalue weighted by molar-refractivity contribution is 7.25. The monoisotopic (exact) mass is 719 g/mol. The number of thiophene rings is 1. The molecule has 55 heavy (non-hydrogen) atoms. The van der Waals surface area contributed by atoms with Gasteiger partial charge < -0.3 is 9.32 Å². The molecule has 3 heteroatoms. The SMILES string of the molecule is c1ccc(-c2ccc(-c3ccc4ccccc4c3)cc2N(c2ccc(-c3ccc4sc5ccccc5c4c3)cc2)c2ccc3c(c2)oc2ccccc23)cc1. The molecule has 0 amide bonds. The zero-order valence-corrected chi connectivity index (χ0v) is 30.6. The van der Waals surface area contributed by atoms with Gasteiger partial charge in [-0.3, -0.25) is 0 Å². The molecule has 11 aromatic rings. The highest BCUT2D eigenvalue weighted by atomic mass is 32.1. The van der Waals surface area contributed by atoms with Crippen molar-refractivity contribution in [2.24, 2.45) is 0 Å². The summed E-state index contributed by atoms with van der Waals surface area (Å²) >= 11 is 1.85. The third-order valence-corrected chi connectivity index (χ3v) is 12.0. The number of furan rings is 1. The maximum atomic E-state index is 6.47. The molecule has 0 spiro atoms. The summed E-state index contributed by atoms with van der Waals surface area (Å²) in [6.45, 7) is 0. The van der Waals surface area contributed by atoms with Gasteiger partial charge in [-0.1, -0.05) is 133 Å². The summed E-state index contributed by atoms with van der Waals surface area (Å²) in [5.41, 5.74) is 12.0. The van der Waals surface area contributed by atoms with Gasteiger partial charge in [-0.05, 0) is 99.3 Å². The van der Waals surface area contributed by atoms with Crippen molar-refractivity contribution >= 4 is 81.3 Å². The van der Waals surface area contributed by atoms with E-state index in [1.165, 1.54) is 47.6 Å². The lowest BCUT2D eigenvalue weighted by atomic mass is 9.95. The summed E-state index contributed by atoms with van der Waals surface area (Å²) in [6.07, 6.45) is 0. The Labute approximate surface area is 322 Å². The van der Waals surface area contributed by atoms with E-state index in [2.05, 4.69) is 193 Å². The van der Waals surface area contributed by atoms with E-state index in [1.54, 1.807) is 0 Å². The zero-order valence-electron chi connectivity index (χ0n) is 29.8. The van der Waals surface area contributed by atoms with Gasteiger partial charge >= 0.3 is 0 Å². The van der Waals surface area contributed by atoms with E-state index < -0.39 is 0 Å². The third kappa shape index (κ3) is 5.48. The van der Waals surface area contributed by atoms with Crippen LogP contribution in [-0.2, 0) is 0 Å². The lowest BCUT2D eigenvalue weighted by Crippen LogP contribution is -2.11. The van der Waals surface area contributed by atoms with Crippen LogP contribution in [-0.4, -0.2) is 0 Å². The van der Waals surface area contributed by atoms with Gasteiger partial charge in [0.05, 0.1) is 5.69 Å². The summed E-state index contributed by atoms with van der Waals surface area (Å²) in [4.78, 5) is 2.39. The van der Waals surface area contributed by atoms with Crippen LogP contribution in [0.3, 0.4) is 0 Å². The topological polar surface area (TPSA) is 16.4 Å². The van der Waals surface area contributed by atoms with Crippen LogP contribution in [0.2, 0.25) is 0 Å². The number of para-hydroxylation sites is 1. The zero-order chi connectivity index (χ0) is 36.3. The summed E-state index contributed by atoms with van der Waals surface area (Å²) in [5, 5.41) is 7.32. The fraction of sp³-hybridized carbons (Fsp3) is 0. The van der Waals surface area contributed by atoms with Gasteiger partial charge in [0.2, 0.25) is 0 Å². The minimum absolute atomic E-state index is 0.864. The first-order valence-corrected chi connectivity index (χ1v) is 19.5. The van der Waals surface area contributed by atoms with Gasteiger partial charge in [-0.15, -0.1) is 11.3 Å². The maximum Gasteiger partial charge on any atom is 0.137 e. The summed E-state index contributed by atoms with van der Waals surface area (Å²) in [6, 6.07) is 72.4. The molecule has 2 aromatic heterocycles. The van der Waals surface area contributed by atoms with Crippen LogP contribution in [0.25, 0.3) is 86.3 Å². The molecule has 0 radical (unpaired) electrons. The summed E-state index contributed by atoms with van der Waals surface area (Å²) in [7, 11) is 0. The Hall–Kier alpha value is -6.94. The first-order chi connectivity index (χ1) is 27.2. The van der Waals surface area contributed by atoms with Gasteiger partial charge in [-0.25, -0.2) is 0 Å². The average molecular weight is 720 g/mol. The molecule has 0 fully saturated rings. The molecule has 0 bridgehead atoms. The molecule has 2 heterocycles. The second-order valence-electron chi connectivity index (χ2n) is 14.1. The van der Waals surface area contributed by atoms with Gasteiger partial charge in [0.1, 0.15) is 11.2 Å². The Bertz CT molecular complexity index is 3210. The maximum absolute atomic E-state index is 6.47. The first kappa shape index (κ1) is 31.6. The Kier molecular flexibility index (Phi) is 7.39. The van der Waals surface area contributed by atoms with Crippen LogP contribution in [0.15, 0.2) is 205 Å². The molecule has 2 nitrogen and oxygen atoms in total. The second kappa shape index (κ2) is 12.9. The van der Waals surface area contributed by atoms with E-state index in [1.807, 2.05) is 23.5 Å². The molecule has 0 atom stereocenters. The number of hydrogen-bond donors (Lipinski definition) is 0. The van der Waals surface area contributed by atoms with Gasteiger partial charge in [0.25, 0.3) is 0 Å². The molecule has 258 valence electrons. The van der Waals surface area contributed by atoms with E-state index in [9.17, 15) is 0 Å². The van der Waals surface area contributed by atoms with Crippen molar-refractivity contribution in [1.29, 1.82) is 0 Å². The largest absolute Gasteiger partial charge is 0.456 e. The highest BCUT2D eigenvalue weighted by Crippen LogP contribution is 2.45. The van der Waals surface area contributed by atoms with Crippen LogP contribution in [0.1, 0.15) is 0 Å². The number of hydrogen-bond acceptors (Lipinski definition) is 3. The highest BCUT2D eigenvalue weighted by Gasteiger charge is 2.21. The van der Waals surface area contributed by atoms with Gasteiger partial charge in [0.15, 0.2) is 0 Å². The summed E-state index contributed by atoms with van der Waals surface area (Å²) in [5.74, 6) is 0. The van der Waals surface area contributed by atoms with Crippen molar-refractivity contribution in [3.63, 3.8) is 0 Å². The van der Waals surface area contributed by atoms with Crippen molar-refractivity contribution in [2.75, 3.05) is 4.90 Å². The van der Waals surface area contributed by atoms with Crippen molar-refractivity contribution in [3.8, 4) is 33.4 Å². The standard InChI is InChI=1S/C52H33NOS/c1-2-11-36(12-3-1)43-27-22-40(38-19-18-34-10-4-5-13-37(34)30-38)32-48(43)53(42-26-28-45-44-14-6-8-16-49(44)54-50(45)33-42)41-24-20-35(21-25-41)39-23-29-52-47(31-39)46-15-7-9-17-51(46)55-52/h1-33H. The van der Waals surface area contributed by atoms with E-state index in [0.29, 0.717) is 0 Å². The minimum Gasteiger partial charge on any atom is -0.456 e. The molecule has 9 aromatic carbocycles. The smallest absolute Gasteiger partial charge is 0.137 e. The number of fused-ring (bicyclic) bond motifs is 7. The van der Waals surface area contributed by atoms with Crippen LogP contribution in [0, 0.1) is 0 Å². The Morgan fingerprint density at radius 1 is 0.345 bits per heavy atom. The molecular weight excluding hydrogens is 687 g/mol. The van der Waals surface area contributed by atoms with Crippen LogP contribution in [0.4, 0.5) is 17.1 Å². The fourth-order valence-corrected chi connectivity index (χ4v) is 9.20. The summed E-state index contributed by atoms with van der Waals surface area (Å²) < 4.78 is 9.11. The molecule has 0 unspecified atom stereocenters. The lowest BCUT2D eigenvalue weighted by Gasteiger charge is -2.29. The van der Waals surface area contributed by atoms with Crippen molar-refractivity contribution in [1.82, 2.24) is 0 Å². The molecule has 0 N–H and O–H groups in total. The number of benzene rings is 9. The normalized spacial score (nSPS) is 11.6. The third-order valence-electron chi connectivity index (χ3n) is 10.9. The molecule has 0 aliphatic rings. The fourth-order valence-electron chi connectivity index (χ4n) is 8.12. The molecular formula is C52H33NOS. The minimum atomic E-state index is 0.864. The molecule has 0 saturated carbocycles. The van der Waals surface area contributed by atoms with Crippen LogP contribution in [0.5, 0.6) is 0 Å². The van der Waals surface area contributed by atoms with E-state index >= 15 is 0 Å². The van der Waals surface area contributed by atoms with Gasteiger partial charge in [0, 0.05) is 53.9 Å². The molecule has 0 aliphatic carbocycles. The Balaban J connectivity index is 1.11. The van der Waals surface area contributed by atoms with Crippen molar-refractivity contribution in [3.05, 3.63) is 200 Å². The second-order valence-corrected chi connectivity index (χ2v) is 15.2. The van der Waals surface area contributed by atoms with Crippen LogP contribution >= 0.6 is 11.3 Å². The first-order valence-electron chi connectivity index (χ1n) is 18.7. The predicted molar refractivity (Wildman–Crippen MR) is 235 cm³/mol. The molecule has 0 aliphatic heterocycles. The average Bonchev–Trinajstić information content (AvgIpc) is 3.82. The molecule has 0 saturated heterocycles. The Morgan fingerprint density at radius 3 is 1.87 bits per heavy atom. The quantitative estimate of drug-likeness (QED) is 0.170.